The molecule has 1 atom stereocenters. The van der Waals surface area contributed by atoms with Gasteiger partial charge in [-0.2, -0.15) is 0 Å². The number of ether oxygens (including phenoxy) is 2. The molecule has 14 heteroatoms. The predicted octanol–water partition coefficient (Wildman–Crippen LogP) is 3.32. The van der Waals surface area contributed by atoms with Crippen molar-refractivity contribution in [1.29, 1.82) is 0 Å². The lowest BCUT2D eigenvalue weighted by atomic mass is 10.2. The van der Waals surface area contributed by atoms with Gasteiger partial charge >= 0.3 is 11.8 Å². The second kappa shape index (κ2) is 10.3. The van der Waals surface area contributed by atoms with E-state index in [9.17, 15) is 22.4 Å². The van der Waals surface area contributed by atoms with Gasteiger partial charge in [0.25, 0.3) is 0 Å². The van der Waals surface area contributed by atoms with E-state index < -0.39 is 32.8 Å². The molecule has 1 unspecified atom stereocenters. The van der Waals surface area contributed by atoms with Gasteiger partial charge in [-0.1, -0.05) is 35.1 Å². The summed E-state index contributed by atoms with van der Waals surface area (Å²) < 4.78 is 47.9. The van der Waals surface area contributed by atoms with E-state index in [1.54, 1.807) is 24.3 Å². The molecule has 0 fully saturated rings. The van der Waals surface area contributed by atoms with E-state index in [0.717, 1.165) is 29.7 Å². The third kappa shape index (κ3) is 5.99. The number of benzene rings is 2. The van der Waals surface area contributed by atoms with Crippen molar-refractivity contribution in [2.24, 2.45) is 5.73 Å². The van der Waals surface area contributed by atoms with Crippen LogP contribution in [-0.2, 0) is 19.4 Å². The summed E-state index contributed by atoms with van der Waals surface area (Å²) in [7, 11) is -2.27. The summed E-state index contributed by atoms with van der Waals surface area (Å²) in [6, 6.07) is 9.90. The normalized spacial score (nSPS) is 12.0. The zero-order valence-electron chi connectivity index (χ0n) is 17.7. The van der Waals surface area contributed by atoms with E-state index in [1.807, 2.05) is 0 Å². The molecule has 10 nitrogen and oxygen atoms in total. The first-order valence-corrected chi connectivity index (χ1v) is 12.5. The van der Waals surface area contributed by atoms with Crippen LogP contribution in [0.1, 0.15) is 11.1 Å². The number of nitrogens with zero attached hydrogens (tertiary/aromatic N) is 1. The smallest absolute Gasteiger partial charge is 0.315 e. The molecule has 0 aliphatic rings. The molecular formula is C20H18ClFN4O6S2. The SMILES string of the molecule is COc1ccccc1Oc1cc(F)ccc1NC(=O)C(=O)Nc1nc(C(N)S(C)(=O)=O)c(Cl)s1. The summed E-state index contributed by atoms with van der Waals surface area (Å²) in [6.45, 7) is 0. The lowest BCUT2D eigenvalue weighted by molar-refractivity contribution is -0.133. The maximum Gasteiger partial charge on any atom is 0.315 e. The summed E-state index contributed by atoms with van der Waals surface area (Å²) in [5.41, 5.74) is 5.47. The van der Waals surface area contributed by atoms with Crippen molar-refractivity contribution in [3.05, 3.63) is 58.3 Å². The Hall–Kier alpha value is -3.26. The summed E-state index contributed by atoms with van der Waals surface area (Å²) >= 11 is 6.71. The highest BCUT2D eigenvalue weighted by Gasteiger charge is 2.26. The molecule has 4 N–H and O–H groups in total. The summed E-state index contributed by atoms with van der Waals surface area (Å²) in [4.78, 5) is 28.7. The van der Waals surface area contributed by atoms with Crippen LogP contribution in [0.4, 0.5) is 15.2 Å². The van der Waals surface area contributed by atoms with Crippen LogP contribution in [-0.4, -0.2) is 38.6 Å². The number of anilines is 2. The Morgan fingerprint density at radius 3 is 2.41 bits per heavy atom. The maximum absolute atomic E-state index is 13.8. The zero-order valence-corrected chi connectivity index (χ0v) is 20.1. The van der Waals surface area contributed by atoms with Crippen LogP contribution in [0.3, 0.4) is 0 Å². The molecule has 1 heterocycles. The zero-order chi connectivity index (χ0) is 25.0. The first-order chi connectivity index (χ1) is 16.0. The molecular weight excluding hydrogens is 511 g/mol. The molecule has 0 radical (unpaired) electrons. The molecule has 3 rings (SSSR count). The lowest BCUT2D eigenvalue weighted by Gasteiger charge is -2.14. The van der Waals surface area contributed by atoms with Gasteiger partial charge in [-0.25, -0.2) is 17.8 Å². The van der Waals surface area contributed by atoms with Crippen LogP contribution in [0.25, 0.3) is 0 Å². The van der Waals surface area contributed by atoms with Crippen molar-refractivity contribution < 1.29 is 31.9 Å². The van der Waals surface area contributed by atoms with Gasteiger partial charge in [0.2, 0.25) is 0 Å². The second-order valence-electron chi connectivity index (χ2n) is 6.73. The third-order valence-corrected chi connectivity index (χ3v) is 6.59. The highest BCUT2D eigenvalue weighted by atomic mass is 35.5. The molecule has 0 aliphatic heterocycles. The molecule has 34 heavy (non-hydrogen) atoms. The van der Waals surface area contributed by atoms with Gasteiger partial charge in [0.05, 0.1) is 12.8 Å². The minimum atomic E-state index is -3.70. The number of sulfone groups is 1. The van der Waals surface area contributed by atoms with E-state index in [2.05, 4.69) is 15.6 Å². The van der Waals surface area contributed by atoms with E-state index >= 15 is 0 Å². The average Bonchev–Trinajstić information content (AvgIpc) is 3.14. The van der Waals surface area contributed by atoms with Crippen LogP contribution in [0.15, 0.2) is 42.5 Å². The molecule has 0 spiro atoms. The molecule has 0 saturated heterocycles. The van der Waals surface area contributed by atoms with Gasteiger partial charge in [0.15, 0.2) is 37.6 Å². The van der Waals surface area contributed by atoms with Crippen molar-refractivity contribution in [1.82, 2.24) is 4.98 Å². The van der Waals surface area contributed by atoms with Crippen LogP contribution in [0, 0.1) is 5.82 Å². The Kier molecular flexibility index (Phi) is 7.71. The minimum Gasteiger partial charge on any atom is -0.493 e. The Bertz CT molecular complexity index is 1350. The number of halogens is 2. The molecule has 2 amide bonds. The number of para-hydroxylation sites is 2. The van der Waals surface area contributed by atoms with Gasteiger partial charge in [0.1, 0.15) is 15.8 Å². The number of hydrogen-bond donors (Lipinski definition) is 3. The molecule has 0 saturated carbocycles. The Labute approximate surface area is 202 Å². The molecule has 2 aromatic carbocycles. The first-order valence-electron chi connectivity index (χ1n) is 9.33. The third-order valence-electron chi connectivity index (χ3n) is 4.25. The monoisotopic (exact) mass is 528 g/mol. The van der Waals surface area contributed by atoms with Crippen LogP contribution in [0.2, 0.25) is 4.34 Å². The Balaban J connectivity index is 1.77. The number of hydrogen-bond acceptors (Lipinski definition) is 9. The topological polar surface area (TPSA) is 150 Å². The molecule has 0 aliphatic carbocycles. The number of carbonyl (C=O) groups is 2. The Morgan fingerprint density at radius 2 is 1.76 bits per heavy atom. The Morgan fingerprint density at radius 1 is 1.12 bits per heavy atom. The standard InChI is InChI=1S/C20H18ClFN4O6S2/c1-31-12-5-3-4-6-13(12)32-14-9-10(22)7-8-11(14)24-18(27)19(28)26-20-25-15(16(21)33-20)17(23)34(2,29)30/h3-9,17H,23H2,1-2H3,(H,24,27)(H,25,26,28). The highest BCUT2D eigenvalue weighted by Crippen LogP contribution is 2.36. The number of thiazole rings is 1. The summed E-state index contributed by atoms with van der Waals surface area (Å²) in [5.74, 6) is -2.37. The molecule has 180 valence electrons. The highest BCUT2D eigenvalue weighted by molar-refractivity contribution is 7.90. The fraction of sp³-hybridized carbons (Fsp3) is 0.150. The van der Waals surface area contributed by atoms with Crippen molar-refractivity contribution in [2.75, 3.05) is 24.0 Å². The number of nitrogens with two attached hydrogens (primary N) is 1. The fourth-order valence-corrected chi connectivity index (χ4v) is 4.41. The van der Waals surface area contributed by atoms with Gasteiger partial charge in [0, 0.05) is 12.3 Å². The fourth-order valence-electron chi connectivity index (χ4n) is 2.58. The van der Waals surface area contributed by atoms with Crippen molar-refractivity contribution in [3.8, 4) is 17.2 Å². The van der Waals surface area contributed by atoms with Crippen molar-refractivity contribution in [2.45, 2.75) is 5.37 Å². The second-order valence-corrected chi connectivity index (χ2v) is 10.5. The van der Waals surface area contributed by atoms with Gasteiger partial charge in [-0.15, -0.1) is 0 Å². The van der Waals surface area contributed by atoms with Crippen LogP contribution >= 0.6 is 22.9 Å². The van der Waals surface area contributed by atoms with Crippen molar-refractivity contribution >= 4 is 55.4 Å². The van der Waals surface area contributed by atoms with E-state index in [4.69, 9.17) is 26.8 Å². The van der Waals surface area contributed by atoms with Gasteiger partial charge in [-0.05, 0) is 24.3 Å². The number of nitrogens with one attached hydrogen (secondary N) is 2. The van der Waals surface area contributed by atoms with Gasteiger partial charge in [-0.3, -0.25) is 14.9 Å². The number of amides is 2. The summed E-state index contributed by atoms with van der Waals surface area (Å²) in [6.07, 6.45) is 0.909. The minimum absolute atomic E-state index is 0.00409. The van der Waals surface area contributed by atoms with Crippen molar-refractivity contribution in [3.63, 3.8) is 0 Å². The van der Waals surface area contributed by atoms with Gasteiger partial charge < -0.3 is 20.5 Å². The quantitative estimate of drug-likeness (QED) is 0.395. The molecule has 0 bridgehead atoms. The number of carbonyl (C=O) groups excluding carboxylic acids is 2. The number of rotatable bonds is 7. The largest absolute Gasteiger partial charge is 0.493 e. The van der Waals surface area contributed by atoms with E-state index in [-0.39, 0.29) is 32.3 Å². The van der Waals surface area contributed by atoms with E-state index in [1.165, 1.54) is 13.2 Å². The average molecular weight is 529 g/mol. The van der Waals surface area contributed by atoms with E-state index in [0.29, 0.717) is 5.75 Å². The predicted molar refractivity (Wildman–Crippen MR) is 126 cm³/mol. The molecule has 1 aromatic heterocycles. The first kappa shape index (κ1) is 25.4. The van der Waals surface area contributed by atoms with Crippen LogP contribution in [0.5, 0.6) is 17.2 Å². The summed E-state index contributed by atoms with van der Waals surface area (Å²) in [5, 5.41) is 2.91. The number of aromatic nitrogens is 1. The molecule has 3 aromatic rings. The lowest BCUT2D eigenvalue weighted by Crippen LogP contribution is -2.29. The maximum atomic E-state index is 13.8. The number of methoxy groups -OCH3 is 1. The van der Waals surface area contributed by atoms with Crippen LogP contribution < -0.4 is 25.8 Å².